The topological polar surface area (TPSA) is 88.4 Å². The third-order valence-corrected chi connectivity index (χ3v) is 5.77. The molecule has 1 amide bonds. The van der Waals surface area contributed by atoms with Crippen LogP contribution in [0.25, 0.3) is 0 Å². The first-order valence-electron chi connectivity index (χ1n) is 8.78. The highest BCUT2D eigenvalue weighted by atomic mass is 32.1. The Morgan fingerprint density at radius 2 is 2.21 bits per heavy atom. The number of rotatable bonds is 5. The second-order valence-electron chi connectivity index (χ2n) is 6.64. The first-order chi connectivity index (χ1) is 13.4. The van der Waals surface area contributed by atoms with Crippen molar-refractivity contribution in [1.82, 2.24) is 0 Å². The number of nitrogens with one attached hydrogen (secondary N) is 1. The van der Waals surface area contributed by atoms with Crippen molar-refractivity contribution < 1.29 is 23.5 Å². The molecule has 0 spiro atoms. The lowest BCUT2D eigenvalue weighted by atomic mass is 9.89. The Balaban J connectivity index is 1.63. The second kappa shape index (κ2) is 8.40. The van der Waals surface area contributed by atoms with Gasteiger partial charge in [0.25, 0.3) is 5.91 Å². The van der Waals surface area contributed by atoms with Crippen LogP contribution in [0.2, 0.25) is 0 Å². The number of benzene rings is 1. The second-order valence-corrected chi connectivity index (χ2v) is 7.75. The maximum absolute atomic E-state index is 13.7. The summed E-state index contributed by atoms with van der Waals surface area (Å²) in [6, 6.07) is 5.81. The average Bonchev–Trinajstić information content (AvgIpc) is 3.01. The van der Waals surface area contributed by atoms with Crippen LogP contribution in [0.4, 0.5) is 9.39 Å². The molecule has 0 fully saturated rings. The van der Waals surface area contributed by atoms with Crippen molar-refractivity contribution in [3.05, 3.63) is 45.6 Å². The standard InChI is InChI=1S/C20H19FN2O4S/c1-11-3-5-13-14(9-22)19(28-17(13)7-11)23-18(24)10-27-20(25)12-4-6-16(26-2)15(21)8-12/h4,6,8,11H,3,5,7,10H2,1-2H3,(H,23,24)/t11-/m1/s1. The van der Waals surface area contributed by atoms with E-state index in [9.17, 15) is 19.2 Å². The summed E-state index contributed by atoms with van der Waals surface area (Å²) in [4.78, 5) is 25.3. The number of thiophene rings is 1. The number of carbonyl (C=O) groups excluding carboxylic acids is 2. The SMILES string of the molecule is COc1ccc(C(=O)OCC(=O)Nc2sc3c(c2C#N)CC[C@@H](C)C3)cc1F. The number of ether oxygens (including phenoxy) is 2. The van der Waals surface area contributed by atoms with E-state index in [1.165, 1.54) is 30.6 Å². The van der Waals surface area contributed by atoms with Crippen LogP contribution in [0, 0.1) is 23.1 Å². The molecule has 0 radical (unpaired) electrons. The lowest BCUT2D eigenvalue weighted by molar-refractivity contribution is -0.119. The third-order valence-electron chi connectivity index (χ3n) is 4.60. The van der Waals surface area contributed by atoms with E-state index in [0.29, 0.717) is 16.5 Å². The number of hydrogen-bond acceptors (Lipinski definition) is 6. The molecular weight excluding hydrogens is 383 g/mol. The number of halogens is 1. The minimum Gasteiger partial charge on any atom is -0.494 e. The van der Waals surface area contributed by atoms with Gasteiger partial charge in [-0.15, -0.1) is 11.3 Å². The Hall–Kier alpha value is -2.92. The number of anilines is 1. The van der Waals surface area contributed by atoms with Gasteiger partial charge in [-0.1, -0.05) is 6.92 Å². The van der Waals surface area contributed by atoms with Crippen LogP contribution in [-0.2, 0) is 22.4 Å². The summed E-state index contributed by atoms with van der Waals surface area (Å²) < 4.78 is 23.4. The number of esters is 1. The van der Waals surface area contributed by atoms with Crippen LogP contribution in [-0.4, -0.2) is 25.6 Å². The van der Waals surface area contributed by atoms with Crippen molar-refractivity contribution >= 4 is 28.2 Å². The highest BCUT2D eigenvalue weighted by Crippen LogP contribution is 2.39. The summed E-state index contributed by atoms with van der Waals surface area (Å²) in [6.45, 7) is 1.63. The molecule has 146 valence electrons. The average molecular weight is 402 g/mol. The Bertz CT molecular complexity index is 964. The normalized spacial score (nSPS) is 15.3. The lowest BCUT2D eigenvalue weighted by Crippen LogP contribution is -2.21. The maximum atomic E-state index is 13.7. The number of methoxy groups -OCH3 is 1. The summed E-state index contributed by atoms with van der Waals surface area (Å²) in [5.41, 5.74) is 1.47. The molecular formula is C20H19FN2O4S. The predicted octanol–water partition coefficient (Wildman–Crippen LogP) is 3.69. The highest BCUT2D eigenvalue weighted by molar-refractivity contribution is 7.16. The number of carbonyl (C=O) groups is 2. The molecule has 28 heavy (non-hydrogen) atoms. The molecule has 1 atom stereocenters. The van der Waals surface area contributed by atoms with Gasteiger partial charge in [0.1, 0.15) is 11.1 Å². The number of fused-ring (bicyclic) bond motifs is 1. The Labute approximate surface area is 165 Å². The van der Waals surface area contributed by atoms with Gasteiger partial charge in [0.05, 0.1) is 18.2 Å². The predicted molar refractivity (Wildman–Crippen MR) is 102 cm³/mol. The summed E-state index contributed by atoms with van der Waals surface area (Å²) in [5.74, 6) is -1.51. The fourth-order valence-corrected chi connectivity index (χ4v) is 4.50. The fraction of sp³-hybridized carbons (Fsp3) is 0.350. The minimum atomic E-state index is -0.823. The van der Waals surface area contributed by atoms with E-state index < -0.39 is 24.3 Å². The van der Waals surface area contributed by atoms with Crippen LogP contribution in [0.5, 0.6) is 5.75 Å². The zero-order valence-corrected chi connectivity index (χ0v) is 16.3. The van der Waals surface area contributed by atoms with Crippen molar-refractivity contribution in [2.45, 2.75) is 26.2 Å². The van der Waals surface area contributed by atoms with Gasteiger partial charge in [0.15, 0.2) is 18.2 Å². The van der Waals surface area contributed by atoms with Crippen LogP contribution < -0.4 is 10.1 Å². The molecule has 8 heteroatoms. The van der Waals surface area contributed by atoms with E-state index in [4.69, 9.17) is 9.47 Å². The van der Waals surface area contributed by atoms with Gasteiger partial charge < -0.3 is 14.8 Å². The van der Waals surface area contributed by atoms with E-state index in [0.717, 1.165) is 35.8 Å². The van der Waals surface area contributed by atoms with E-state index >= 15 is 0 Å². The van der Waals surface area contributed by atoms with E-state index in [2.05, 4.69) is 18.3 Å². The maximum Gasteiger partial charge on any atom is 0.338 e. The molecule has 6 nitrogen and oxygen atoms in total. The van der Waals surface area contributed by atoms with Gasteiger partial charge >= 0.3 is 5.97 Å². The van der Waals surface area contributed by atoms with Crippen molar-refractivity contribution in [1.29, 1.82) is 5.26 Å². The lowest BCUT2D eigenvalue weighted by Gasteiger charge is -2.17. The van der Waals surface area contributed by atoms with Crippen molar-refractivity contribution in [3.63, 3.8) is 0 Å². The molecule has 0 saturated carbocycles. The van der Waals surface area contributed by atoms with Crippen molar-refractivity contribution in [2.24, 2.45) is 5.92 Å². The molecule has 0 aliphatic heterocycles. The molecule has 2 aromatic rings. The zero-order valence-electron chi connectivity index (χ0n) is 15.5. The molecule has 0 saturated heterocycles. The van der Waals surface area contributed by atoms with Crippen molar-refractivity contribution in [3.8, 4) is 11.8 Å². The van der Waals surface area contributed by atoms with Gasteiger partial charge in [-0.3, -0.25) is 4.79 Å². The molecule has 1 aliphatic rings. The smallest absolute Gasteiger partial charge is 0.338 e. The van der Waals surface area contributed by atoms with Crippen LogP contribution in [0.15, 0.2) is 18.2 Å². The summed E-state index contributed by atoms with van der Waals surface area (Å²) in [5, 5.41) is 12.6. The fourth-order valence-electron chi connectivity index (χ4n) is 3.13. The number of nitrogens with zero attached hydrogens (tertiary/aromatic N) is 1. The summed E-state index contributed by atoms with van der Waals surface area (Å²) in [7, 11) is 1.32. The molecule has 1 heterocycles. The first kappa shape index (κ1) is 19.8. The third kappa shape index (κ3) is 4.15. The van der Waals surface area contributed by atoms with Gasteiger partial charge in [-0.05, 0) is 48.9 Å². The van der Waals surface area contributed by atoms with Crippen LogP contribution >= 0.6 is 11.3 Å². The Morgan fingerprint density at radius 3 is 2.89 bits per heavy atom. The van der Waals surface area contributed by atoms with Crippen LogP contribution in [0.3, 0.4) is 0 Å². The zero-order chi connectivity index (χ0) is 20.3. The molecule has 1 aromatic heterocycles. The van der Waals surface area contributed by atoms with E-state index in [-0.39, 0.29) is 11.3 Å². The van der Waals surface area contributed by atoms with Gasteiger partial charge in [0, 0.05) is 4.88 Å². The molecule has 1 aromatic carbocycles. The van der Waals surface area contributed by atoms with E-state index in [1.807, 2.05) is 0 Å². The molecule has 0 unspecified atom stereocenters. The van der Waals surface area contributed by atoms with Gasteiger partial charge in [-0.2, -0.15) is 5.26 Å². The number of hydrogen-bond donors (Lipinski definition) is 1. The molecule has 3 rings (SSSR count). The minimum absolute atomic E-state index is 0.00862. The van der Waals surface area contributed by atoms with E-state index in [1.54, 1.807) is 0 Å². The highest BCUT2D eigenvalue weighted by Gasteiger charge is 2.25. The molecule has 1 N–H and O–H groups in total. The number of amides is 1. The van der Waals surface area contributed by atoms with Gasteiger partial charge in [-0.25, -0.2) is 9.18 Å². The summed E-state index contributed by atoms with van der Waals surface area (Å²) in [6.07, 6.45) is 2.73. The van der Waals surface area contributed by atoms with Gasteiger partial charge in [0.2, 0.25) is 0 Å². The van der Waals surface area contributed by atoms with Crippen LogP contribution in [0.1, 0.15) is 39.7 Å². The quantitative estimate of drug-likeness (QED) is 0.771. The first-order valence-corrected chi connectivity index (χ1v) is 9.59. The molecule has 1 aliphatic carbocycles. The Kier molecular flexibility index (Phi) is 5.95. The summed E-state index contributed by atoms with van der Waals surface area (Å²) >= 11 is 1.40. The largest absolute Gasteiger partial charge is 0.494 e. The Morgan fingerprint density at radius 1 is 1.43 bits per heavy atom. The van der Waals surface area contributed by atoms with Crippen molar-refractivity contribution in [2.75, 3.05) is 19.0 Å². The molecule has 0 bridgehead atoms. The monoisotopic (exact) mass is 402 g/mol. The number of nitriles is 1.